The molecule has 0 aliphatic heterocycles. The number of methoxy groups -OCH3 is 1. The lowest BCUT2D eigenvalue weighted by molar-refractivity contribution is -0.121. The molecular formula is C19H19Cl2N3O4S. The zero-order valence-electron chi connectivity index (χ0n) is 15.5. The van der Waals surface area contributed by atoms with E-state index in [-0.39, 0.29) is 17.4 Å². The number of benzene rings is 2. The van der Waals surface area contributed by atoms with Crippen LogP contribution in [-0.4, -0.2) is 30.6 Å². The summed E-state index contributed by atoms with van der Waals surface area (Å²) in [7, 11) is 1.54. The van der Waals surface area contributed by atoms with Crippen LogP contribution in [0.5, 0.6) is 11.5 Å². The molecule has 0 fully saturated rings. The molecule has 2 aromatic carbocycles. The number of rotatable bonds is 7. The first-order valence-corrected chi connectivity index (χ1v) is 9.67. The summed E-state index contributed by atoms with van der Waals surface area (Å²) in [6, 6.07) is 11.4. The lowest BCUT2D eigenvalue weighted by Gasteiger charge is -2.11. The first kappa shape index (κ1) is 22.7. The highest BCUT2D eigenvalue weighted by Crippen LogP contribution is 2.27. The third-order valence-corrected chi connectivity index (χ3v) is 4.33. The second kappa shape index (κ2) is 11.5. The van der Waals surface area contributed by atoms with Gasteiger partial charge in [-0.2, -0.15) is 0 Å². The summed E-state index contributed by atoms with van der Waals surface area (Å²) in [5.74, 6) is 0.415. The molecular weight excluding hydrogens is 437 g/mol. The predicted molar refractivity (Wildman–Crippen MR) is 116 cm³/mol. The Bertz CT molecular complexity index is 878. The van der Waals surface area contributed by atoms with Crippen LogP contribution in [0.2, 0.25) is 10.0 Å². The molecule has 2 aromatic rings. The number of halogens is 2. The highest BCUT2D eigenvalue weighted by molar-refractivity contribution is 7.80. The van der Waals surface area contributed by atoms with Gasteiger partial charge in [0.05, 0.1) is 18.7 Å². The average molecular weight is 456 g/mol. The van der Waals surface area contributed by atoms with Crippen molar-refractivity contribution in [1.29, 1.82) is 0 Å². The summed E-state index contributed by atoms with van der Waals surface area (Å²) in [4.78, 5) is 23.9. The van der Waals surface area contributed by atoms with Crippen molar-refractivity contribution in [1.82, 2.24) is 16.2 Å². The van der Waals surface area contributed by atoms with Crippen molar-refractivity contribution >= 4 is 52.3 Å². The van der Waals surface area contributed by atoms with Gasteiger partial charge in [0, 0.05) is 17.0 Å². The molecule has 7 nitrogen and oxygen atoms in total. The number of ether oxygens (including phenoxy) is 2. The lowest BCUT2D eigenvalue weighted by Crippen LogP contribution is -2.48. The SMILES string of the molecule is COc1ccc(C(=O)NC(=S)NNC(=O)CCCOc2ccc(Cl)cc2Cl)cc1. The summed E-state index contributed by atoms with van der Waals surface area (Å²) >= 11 is 16.8. The standard InChI is InChI=1S/C19H19Cl2N3O4S/c1-27-14-7-4-12(5-8-14)18(26)22-19(29)24-23-17(25)3-2-10-28-16-9-6-13(20)11-15(16)21/h4-9,11H,2-3,10H2,1H3,(H,23,25)(H2,22,24,26,29). The van der Waals surface area contributed by atoms with E-state index in [0.29, 0.717) is 40.1 Å². The molecule has 2 rings (SSSR count). The van der Waals surface area contributed by atoms with Crippen LogP contribution >= 0.6 is 35.4 Å². The van der Waals surface area contributed by atoms with E-state index >= 15 is 0 Å². The number of hydrogen-bond donors (Lipinski definition) is 3. The van der Waals surface area contributed by atoms with E-state index in [2.05, 4.69) is 16.2 Å². The van der Waals surface area contributed by atoms with E-state index in [4.69, 9.17) is 44.9 Å². The minimum atomic E-state index is -0.410. The maximum absolute atomic E-state index is 12.1. The van der Waals surface area contributed by atoms with Gasteiger partial charge in [-0.05, 0) is 61.1 Å². The minimum absolute atomic E-state index is 0.0247. The van der Waals surface area contributed by atoms with E-state index in [0.717, 1.165) is 0 Å². The number of carbonyl (C=O) groups excluding carboxylic acids is 2. The van der Waals surface area contributed by atoms with Crippen LogP contribution in [0.4, 0.5) is 0 Å². The lowest BCUT2D eigenvalue weighted by atomic mass is 10.2. The van der Waals surface area contributed by atoms with Crippen LogP contribution < -0.4 is 25.6 Å². The Morgan fingerprint density at radius 2 is 1.79 bits per heavy atom. The molecule has 0 heterocycles. The summed E-state index contributed by atoms with van der Waals surface area (Å²) in [5.41, 5.74) is 5.29. The van der Waals surface area contributed by atoms with Crippen LogP contribution in [0.15, 0.2) is 42.5 Å². The van der Waals surface area contributed by atoms with Crippen molar-refractivity contribution in [3.8, 4) is 11.5 Å². The number of carbonyl (C=O) groups is 2. The topological polar surface area (TPSA) is 88.7 Å². The van der Waals surface area contributed by atoms with Gasteiger partial charge in [-0.25, -0.2) is 0 Å². The van der Waals surface area contributed by atoms with E-state index in [9.17, 15) is 9.59 Å². The molecule has 0 saturated heterocycles. The van der Waals surface area contributed by atoms with Crippen molar-refractivity contribution in [3.05, 3.63) is 58.1 Å². The highest BCUT2D eigenvalue weighted by atomic mass is 35.5. The van der Waals surface area contributed by atoms with E-state index in [1.807, 2.05) is 0 Å². The molecule has 0 saturated carbocycles. The monoisotopic (exact) mass is 455 g/mol. The third-order valence-electron chi connectivity index (χ3n) is 3.59. The molecule has 0 radical (unpaired) electrons. The Labute approximate surface area is 183 Å². The molecule has 0 aliphatic rings. The van der Waals surface area contributed by atoms with Gasteiger partial charge in [0.1, 0.15) is 11.5 Å². The molecule has 2 amide bonds. The van der Waals surface area contributed by atoms with Crippen LogP contribution in [-0.2, 0) is 4.79 Å². The predicted octanol–water partition coefficient (Wildman–Crippen LogP) is 3.50. The third kappa shape index (κ3) is 7.77. The largest absolute Gasteiger partial charge is 0.497 e. The van der Waals surface area contributed by atoms with Gasteiger partial charge in [-0.1, -0.05) is 23.2 Å². The van der Waals surface area contributed by atoms with Gasteiger partial charge < -0.3 is 9.47 Å². The van der Waals surface area contributed by atoms with Crippen molar-refractivity contribution in [3.63, 3.8) is 0 Å². The van der Waals surface area contributed by atoms with E-state index in [1.165, 1.54) is 7.11 Å². The summed E-state index contributed by atoms with van der Waals surface area (Å²) < 4.78 is 10.5. The van der Waals surface area contributed by atoms with Crippen molar-refractivity contribution in [2.75, 3.05) is 13.7 Å². The molecule has 154 valence electrons. The fourth-order valence-corrected chi connectivity index (χ4v) is 2.75. The highest BCUT2D eigenvalue weighted by Gasteiger charge is 2.09. The van der Waals surface area contributed by atoms with Gasteiger partial charge in [0.15, 0.2) is 5.11 Å². The van der Waals surface area contributed by atoms with Crippen LogP contribution in [0.3, 0.4) is 0 Å². The molecule has 3 N–H and O–H groups in total. The Morgan fingerprint density at radius 3 is 2.45 bits per heavy atom. The summed E-state index contributed by atoms with van der Waals surface area (Å²) in [6.07, 6.45) is 0.644. The molecule has 0 aliphatic carbocycles. The van der Waals surface area contributed by atoms with Crippen LogP contribution in [0.1, 0.15) is 23.2 Å². The minimum Gasteiger partial charge on any atom is -0.497 e. The number of nitrogens with one attached hydrogen (secondary N) is 3. The number of amides is 2. The van der Waals surface area contributed by atoms with Crippen molar-refractivity contribution < 1.29 is 19.1 Å². The smallest absolute Gasteiger partial charge is 0.257 e. The Kier molecular flexibility index (Phi) is 8.98. The Hall–Kier alpha value is -2.55. The summed E-state index contributed by atoms with van der Waals surface area (Å²) in [6.45, 7) is 0.299. The molecule has 10 heteroatoms. The number of thiocarbonyl (C=S) groups is 1. The Morgan fingerprint density at radius 1 is 1.07 bits per heavy atom. The fourth-order valence-electron chi connectivity index (χ4n) is 2.15. The number of hydrazine groups is 1. The van der Waals surface area contributed by atoms with Gasteiger partial charge in [-0.15, -0.1) is 0 Å². The van der Waals surface area contributed by atoms with Crippen molar-refractivity contribution in [2.45, 2.75) is 12.8 Å². The Balaban J connectivity index is 1.64. The fraction of sp³-hybridized carbons (Fsp3) is 0.211. The normalized spacial score (nSPS) is 10.0. The second-order valence-electron chi connectivity index (χ2n) is 5.71. The maximum atomic E-state index is 12.1. The van der Waals surface area contributed by atoms with Gasteiger partial charge >= 0.3 is 0 Å². The quantitative estimate of drug-likeness (QED) is 0.336. The molecule has 0 atom stereocenters. The molecule has 29 heavy (non-hydrogen) atoms. The second-order valence-corrected chi connectivity index (χ2v) is 6.96. The molecule has 0 unspecified atom stereocenters. The first-order chi connectivity index (χ1) is 13.9. The van der Waals surface area contributed by atoms with Crippen LogP contribution in [0.25, 0.3) is 0 Å². The van der Waals surface area contributed by atoms with Crippen molar-refractivity contribution in [2.24, 2.45) is 0 Å². The zero-order valence-corrected chi connectivity index (χ0v) is 17.8. The molecule has 0 spiro atoms. The number of hydrogen-bond acceptors (Lipinski definition) is 5. The zero-order chi connectivity index (χ0) is 21.2. The van der Waals surface area contributed by atoms with Gasteiger partial charge in [0.25, 0.3) is 5.91 Å². The first-order valence-electron chi connectivity index (χ1n) is 8.51. The maximum Gasteiger partial charge on any atom is 0.257 e. The van der Waals surface area contributed by atoms with Gasteiger partial charge in [-0.3, -0.25) is 25.8 Å². The van der Waals surface area contributed by atoms with E-state index in [1.54, 1.807) is 42.5 Å². The molecule has 0 aromatic heterocycles. The average Bonchev–Trinajstić information content (AvgIpc) is 2.71. The van der Waals surface area contributed by atoms with E-state index < -0.39 is 5.91 Å². The summed E-state index contributed by atoms with van der Waals surface area (Å²) in [5, 5.41) is 3.36. The van der Waals surface area contributed by atoms with Gasteiger partial charge in [0.2, 0.25) is 5.91 Å². The molecule has 0 bridgehead atoms. The van der Waals surface area contributed by atoms with Crippen LogP contribution in [0, 0.1) is 0 Å².